The highest BCUT2D eigenvalue weighted by atomic mass is 19.1. The quantitative estimate of drug-likeness (QED) is 0.426. The first-order chi connectivity index (χ1) is 18.4. The predicted octanol–water partition coefficient (Wildman–Crippen LogP) is 2.51. The highest BCUT2D eigenvalue weighted by molar-refractivity contribution is 6.23. The summed E-state index contributed by atoms with van der Waals surface area (Å²) in [6.07, 6.45) is 0.232. The molecule has 0 aliphatic heterocycles. The summed E-state index contributed by atoms with van der Waals surface area (Å²) in [6.45, 7) is 1.41. The SMILES string of the molecule is CN(C)[C@@H]1C(O)=C(C(N)=O)C(=O)[C@@]2(C)C(Oc3ccccc3)=C3C(=O)c4c(O)cc(CN)c(F)c4C[C@H]3C[C@@H]12. The van der Waals surface area contributed by atoms with Crippen LogP contribution in [0.1, 0.15) is 34.8 Å². The number of para-hydroxylation sites is 1. The van der Waals surface area contributed by atoms with Crippen LogP contribution in [0.3, 0.4) is 0 Å². The molecule has 0 radical (unpaired) electrons. The maximum absolute atomic E-state index is 15.4. The molecule has 39 heavy (non-hydrogen) atoms. The Morgan fingerprint density at radius 1 is 1.21 bits per heavy atom. The van der Waals surface area contributed by atoms with Gasteiger partial charge in [-0.25, -0.2) is 4.39 Å². The van der Waals surface area contributed by atoms with Gasteiger partial charge in [0.1, 0.15) is 34.4 Å². The van der Waals surface area contributed by atoms with E-state index in [0.717, 1.165) is 6.07 Å². The van der Waals surface area contributed by atoms with Gasteiger partial charge in [-0.05, 0) is 58.0 Å². The zero-order valence-corrected chi connectivity index (χ0v) is 21.8. The fourth-order valence-electron chi connectivity index (χ4n) is 6.54. The molecule has 0 saturated heterocycles. The molecule has 0 bridgehead atoms. The predicted molar refractivity (Wildman–Crippen MR) is 139 cm³/mol. The summed E-state index contributed by atoms with van der Waals surface area (Å²) >= 11 is 0. The van der Waals surface area contributed by atoms with Gasteiger partial charge in [0.2, 0.25) is 0 Å². The van der Waals surface area contributed by atoms with Crippen LogP contribution in [0.5, 0.6) is 11.5 Å². The summed E-state index contributed by atoms with van der Waals surface area (Å²) in [6, 6.07) is 8.84. The third-order valence-electron chi connectivity index (χ3n) is 8.34. The van der Waals surface area contributed by atoms with Crippen LogP contribution >= 0.6 is 0 Å². The van der Waals surface area contributed by atoms with Crippen molar-refractivity contribution >= 4 is 17.5 Å². The lowest BCUT2D eigenvalue weighted by molar-refractivity contribution is -0.133. The molecule has 0 fully saturated rings. The van der Waals surface area contributed by atoms with Crippen LogP contribution in [-0.4, -0.2) is 52.7 Å². The van der Waals surface area contributed by atoms with Crippen LogP contribution in [0.25, 0.3) is 0 Å². The van der Waals surface area contributed by atoms with Gasteiger partial charge >= 0.3 is 0 Å². The second-order valence-electron chi connectivity index (χ2n) is 10.7. The van der Waals surface area contributed by atoms with Crippen LogP contribution in [0, 0.1) is 23.1 Å². The third-order valence-corrected chi connectivity index (χ3v) is 8.34. The number of likely N-dealkylation sites (N-methyl/N-ethyl adjacent to an activating group) is 1. The number of amides is 1. The van der Waals surface area contributed by atoms with Crippen LogP contribution < -0.4 is 16.2 Å². The number of primary amides is 1. The zero-order chi connectivity index (χ0) is 28.4. The molecular formula is C29H30FN3O6. The highest BCUT2D eigenvalue weighted by Gasteiger charge is 2.62. The molecule has 1 amide bonds. The van der Waals surface area contributed by atoms with Crippen molar-refractivity contribution in [3.05, 3.63) is 81.6 Å². The molecule has 2 aromatic rings. The van der Waals surface area contributed by atoms with Crippen LogP contribution in [-0.2, 0) is 22.6 Å². The van der Waals surface area contributed by atoms with Crippen molar-refractivity contribution in [1.82, 2.24) is 4.90 Å². The summed E-state index contributed by atoms with van der Waals surface area (Å²) in [5.41, 5.74) is 9.16. The molecule has 4 atom stereocenters. The first-order valence-corrected chi connectivity index (χ1v) is 12.6. The van der Waals surface area contributed by atoms with Gasteiger partial charge in [-0.2, -0.15) is 0 Å². The summed E-state index contributed by atoms with van der Waals surface area (Å²) < 4.78 is 21.8. The standard InChI is InChI=1S/C29H30FN3O6/c1-29-17(23(33(2)3)25(36)21(26(29)37)28(32)38)10-13-9-16-20(18(34)11-14(12-31)22(16)30)24(35)19(13)27(29)39-15-7-5-4-6-8-15/h4-8,11,13,17,23,34,36H,9-10,12,31H2,1-3H3,(H2,32,38)/t13-,17-,23-,29-/m0/s1. The van der Waals surface area contributed by atoms with E-state index in [2.05, 4.69) is 0 Å². The van der Waals surface area contributed by atoms with Gasteiger partial charge in [-0.1, -0.05) is 18.2 Å². The number of aromatic hydroxyl groups is 1. The maximum atomic E-state index is 15.4. The van der Waals surface area contributed by atoms with Crippen LogP contribution in [0.4, 0.5) is 4.39 Å². The number of halogens is 1. The minimum Gasteiger partial charge on any atom is -0.510 e. The number of Topliss-reactive ketones (excluding diaryl/α,β-unsaturated/α-hetero) is 2. The lowest BCUT2D eigenvalue weighted by atomic mass is 9.54. The lowest BCUT2D eigenvalue weighted by Crippen LogP contribution is -2.59. The van der Waals surface area contributed by atoms with E-state index < -0.39 is 63.7 Å². The molecule has 5 rings (SSSR count). The van der Waals surface area contributed by atoms with Crippen LogP contribution in [0.15, 0.2) is 59.1 Å². The number of nitrogens with zero attached hydrogens (tertiary/aromatic N) is 1. The molecule has 0 heterocycles. The van der Waals surface area contributed by atoms with Crippen molar-refractivity contribution in [2.45, 2.75) is 32.4 Å². The number of aliphatic hydroxyl groups excluding tert-OH is 1. The van der Waals surface area contributed by atoms with Crippen molar-refractivity contribution in [3.8, 4) is 11.5 Å². The topological polar surface area (TPSA) is 156 Å². The average Bonchev–Trinajstić information content (AvgIpc) is 2.88. The largest absolute Gasteiger partial charge is 0.510 e. The van der Waals surface area contributed by atoms with Crippen molar-refractivity contribution in [3.63, 3.8) is 0 Å². The summed E-state index contributed by atoms with van der Waals surface area (Å²) in [5, 5.41) is 21.9. The molecule has 0 aromatic heterocycles. The van der Waals surface area contributed by atoms with Crippen molar-refractivity contribution < 1.29 is 33.7 Å². The molecule has 0 unspecified atom stereocenters. The average molecular weight is 536 g/mol. The number of phenols is 1. The van der Waals surface area contributed by atoms with Crippen molar-refractivity contribution in [1.29, 1.82) is 0 Å². The summed E-state index contributed by atoms with van der Waals surface area (Å²) in [5.74, 6) is -4.98. The van der Waals surface area contributed by atoms with Crippen LogP contribution in [0.2, 0.25) is 0 Å². The van der Waals surface area contributed by atoms with E-state index in [1.54, 1.807) is 56.3 Å². The number of nitrogens with two attached hydrogens (primary N) is 2. The Labute approximate surface area is 224 Å². The molecule has 2 aromatic carbocycles. The monoisotopic (exact) mass is 535 g/mol. The Balaban J connectivity index is 1.82. The highest BCUT2D eigenvalue weighted by Crippen LogP contribution is 2.57. The van der Waals surface area contributed by atoms with E-state index in [1.165, 1.54) is 0 Å². The number of hydrogen-bond acceptors (Lipinski definition) is 8. The number of hydrogen-bond donors (Lipinski definition) is 4. The molecular weight excluding hydrogens is 505 g/mol. The number of ketones is 2. The zero-order valence-electron chi connectivity index (χ0n) is 21.8. The fourth-order valence-corrected chi connectivity index (χ4v) is 6.54. The number of allylic oxidation sites excluding steroid dienone is 2. The molecule has 3 aliphatic carbocycles. The summed E-state index contributed by atoms with van der Waals surface area (Å²) in [7, 11) is 3.39. The number of ether oxygens (including phenoxy) is 1. The molecule has 0 spiro atoms. The number of carbonyl (C=O) groups is 3. The molecule has 0 saturated carbocycles. The minimum absolute atomic E-state index is 0.00332. The number of rotatable bonds is 5. The van der Waals surface area contributed by atoms with E-state index in [0.29, 0.717) is 5.75 Å². The van der Waals surface area contributed by atoms with Gasteiger partial charge in [0, 0.05) is 29.2 Å². The number of fused-ring (bicyclic) bond motifs is 3. The Morgan fingerprint density at radius 2 is 1.87 bits per heavy atom. The van der Waals surface area contributed by atoms with E-state index in [1.807, 2.05) is 0 Å². The summed E-state index contributed by atoms with van der Waals surface area (Å²) in [4.78, 5) is 42.2. The fraction of sp³-hybridized carbons (Fsp3) is 0.345. The first-order valence-electron chi connectivity index (χ1n) is 12.6. The van der Waals surface area contributed by atoms with E-state index in [9.17, 15) is 24.6 Å². The van der Waals surface area contributed by atoms with E-state index in [-0.39, 0.29) is 47.4 Å². The Morgan fingerprint density at radius 3 is 2.46 bits per heavy atom. The minimum atomic E-state index is -1.59. The van der Waals surface area contributed by atoms with Gasteiger partial charge < -0.3 is 26.4 Å². The number of carbonyl (C=O) groups excluding carboxylic acids is 3. The van der Waals surface area contributed by atoms with Gasteiger partial charge in [0.25, 0.3) is 5.91 Å². The molecule has 3 aliphatic rings. The van der Waals surface area contributed by atoms with Gasteiger partial charge in [0.15, 0.2) is 11.6 Å². The Hall–Kier alpha value is -4.02. The Kier molecular flexibility index (Phi) is 6.35. The number of aliphatic hydroxyl groups is 1. The van der Waals surface area contributed by atoms with Gasteiger partial charge in [-0.15, -0.1) is 0 Å². The van der Waals surface area contributed by atoms with Gasteiger partial charge in [-0.3, -0.25) is 19.3 Å². The maximum Gasteiger partial charge on any atom is 0.255 e. The van der Waals surface area contributed by atoms with Gasteiger partial charge in [0.05, 0.1) is 17.0 Å². The van der Waals surface area contributed by atoms with E-state index in [4.69, 9.17) is 16.2 Å². The molecule has 9 nitrogen and oxygen atoms in total. The molecule has 10 heteroatoms. The lowest BCUT2D eigenvalue weighted by Gasteiger charge is -2.52. The number of phenolic OH excluding ortho intramolecular Hbond substituents is 1. The Bertz CT molecular complexity index is 1480. The number of benzene rings is 2. The van der Waals surface area contributed by atoms with Crippen molar-refractivity contribution in [2.75, 3.05) is 14.1 Å². The molecule has 204 valence electrons. The second-order valence-corrected chi connectivity index (χ2v) is 10.7. The molecule has 6 N–H and O–H groups in total. The van der Waals surface area contributed by atoms with Crippen molar-refractivity contribution in [2.24, 2.45) is 28.7 Å². The third kappa shape index (κ3) is 3.77. The normalized spacial score (nSPS) is 26.4. The first kappa shape index (κ1) is 26.6. The van der Waals surface area contributed by atoms with E-state index >= 15 is 4.39 Å². The smallest absolute Gasteiger partial charge is 0.255 e. The second kappa shape index (κ2) is 9.32.